The van der Waals surface area contributed by atoms with Gasteiger partial charge in [0.15, 0.2) is 0 Å². The summed E-state index contributed by atoms with van der Waals surface area (Å²) in [5, 5.41) is 3.23. The number of aryl methyl sites for hydroxylation is 3. The number of amides is 1. The summed E-state index contributed by atoms with van der Waals surface area (Å²) in [5.41, 5.74) is 3.48. The van der Waals surface area contributed by atoms with Crippen LogP contribution in [-0.4, -0.2) is 33.4 Å². The Morgan fingerprint density at radius 3 is 2.19 bits per heavy atom. The van der Waals surface area contributed by atoms with Crippen LogP contribution in [0.25, 0.3) is 0 Å². The van der Waals surface area contributed by atoms with E-state index in [4.69, 9.17) is 0 Å². The molecule has 2 aromatic rings. The summed E-state index contributed by atoms with van der Waals surface area (Å²) in [4.78, 5) is 31.6. The largest absolute Gasteiger partial charge is 0.341 e. The molecule has 0 spiro atoms. The number of nitrogens with zero attached hydrogens (tertiary/aromatic N) is 3. The molecule has 0 aliphatic rings. The summed E-state index contributed by atoms with van der Waals surface area (Å²) in [6, 6.07) is 7.53. The molecule has 1 N–H and O–H groups in total. The van der Waals surface area contributed by atoms with Crippen LogP contribution in [-0.2, 0) is 11.3 Å². The molecule has 0 saturated heterocycles. The number of anilines is 2. The topological polar surface area (TPSA) is 67.2 Å². The third-order valence-electron chi connectivity index (χ3n) is 4.25. The minimum Gasteiger partial charge on any atom is -0.341 e. The Morgan fingerprint density at radius 2 is 1.63 bits per heavy atom. The van der Waals surface area contributed by atoms with Crippen molar-refractivity contribution in [2.24, 2.45) is 0 Å². The fraction of sp³-hybridized carbons (Fsp3) is 0.476. The SMILES string of the molecule is CCCN(CCC)C(=O)Cn1c(Nc2cc(C)cc(C)c2)nc(C)cc1=O. The molecule has 6 heteroatoms. The zero-order valence-corrected chi connectivity index (χ0v) is 17.0. The molecular weight excluding hydrogens is 340 g/mol. The van der Waals surface area contributed by atoms with E-state index in [9.17, 15) is 9.59 Å². The van der Waals surface area contributed by atoms with Crippen LogP contribution in [0.3, 0.4) is 0 Å². The number of nitrogens with one attached hydrogen (secondary N) is 1. The minimum atomic E-state index is -0.226. The lowest BCUT2D eigenvalue weighted by Gasteiger charge is -2.23. The molecule has 1 amide bonds. The molecule has 0 radical (unpaired) electrons. The van der Waals surface area contributed by atoms with E-state index in [2.05, 4.69) is 16.4 Å². The summed E-state index contributed by atoms with van der Waals surface area (Å²) in [6.07, 6.45) is 1.78. The van der Waals surface area contributed by atoms with Crippen molar-refractivity contribution in [3.8, 4) is 0 Å². The molecule has 1 heterocycles. The minimum absolute atomic E-state index is 0.0146. The van der Waals surface area contributed by atoms with Gasteiger partial charge in [0.2, 0.25) is 11.9 Å². The molecule has 146 valence electrons. The first-order valence-corrected chi connectivity index (χ1v) is 9.55. The van der Waals surface area contributed by atoms with E-state index in [0.29, 0.717) is 24.7 Å². The van der Waals surface area contributed by atoms with Gasteiger partial charge in [-0.05, 0) is 56.9 Å². The summed E-state index contributed by atoms with van der Waals surface area (Å²) < 4.78 is 1.42. The number of aromatic nitrogens is 2. The van der Waals surface area contributed by atoms with Gasteiger partial charge < -0.3 is 10.2 Å². The number of hydrogen-bond acceptors (Lipinski definition) is 4. The van der Waals surface area contributed by atoms with Crippen molar-refractivity contribution in [2.45, 2.75) is 54.0 Å². The number of hydrogen-bond donors (Lipinski definition) is 1. The second-order valence-corrected chi connectivity index (χ2v) is 7.03. The zero-order chi connectivity index (χ0) is 20.0. The predicted molar refractivity (Wildman–Crippen MR) is 110 cm³/mol. The van der Waals surface area contributed by atoms with Gasteiger partial charge in [0.05, 0.1) is 0 Å². The molecule has 0 atom stereocenters. The molecule has 2 rings (SSSR count). The molecule has 0 saturated carbocycles. The lowest BCUT2D eigenvalue weighted by Crippen LogP contribution is -2.38. The van der Waals surface area contributed by atoms with Gasteiger partial charge >= 0.3 is 0 Å². The lowest BCUT2D eigenvalue weighted by molar-refractivity contribution is -0.132. The van der Waals surface area contributed by atoms with Crippen LogP contribution < -0.4 is 10.9 Å². The molecule has 0 fully saturated rings. The highest BCUT2D eigenvalue weighted by Crippen LogP contribution is 2.18. The van der Waals surface area contributed by atoms with Crippen LogP contribution in [0.1, 0.15) is 43.5 Å². The average molecular weight is 370 g/mol. The number of rotatable bonds is 8. The number of carbonyl (C=O) groups excluding carboxylic acids is 1. The van der Waals surface area contributed by atoms with Crippen LogP contribution >= 0.6 is 0 Å². The van der Waals surface area contributed by atoms with Crippen molar-refractivity contribution in [1.82, 2.24) is 14.5 Å². The quantitative estimate of drug-likeness (QED) is 0.771. The molecule has 0 aliphatic heterocycles. The smallest absolute Gasteiger partial charge is 0.255 e. The highest BCUT2D eigenvalue weighted by atomic mass is 16.2. The molecule has 27 heavy (non-hydrogen) atoms. The molecule has 0 unspecified atom stereocenters. The van der Waals surface area contributed by atoms with Crippen molar-refractivity contribution >= 4 is 17.5 Å². The Morgan fingerprint density at radius 1 is 1.04 bits per heavy atom. The first kappa shape index (κ1) is 20.7. The van der Waals surface area contributed by atoms with Crippen molar-refractivity contribution in [3.63, 3.8) is 0 Å². The second-order valence-electron chi connectivity index (χ2n) is 7.03. The molecule has 0 bridgehead atoms. The molecule has 6 nitrogen and oxygen atoms in total. The standard InChI is InChI=1S/C21H30N4O2/c1-6-8-24(9-7-2)20(27)14-25-19(26)13-17(5)22-21(25)23-18-11-15(3)10-16(4)12-18/h10-13H,6-9,14H2,1-5H3,(H,22,23). The van der Waals surface area contributed by atoms with Crippen molar-refractivity contribution in [3.05, 3.63) is 51.4 Å². The van der Waals surface area contributed by atoms with Crippen LogP contribution in [0, 0.1) is 20.8 Å². The van der Waals surface area contributed by atoms with Crippen LogP contribution in [0.4, 0.5) is 11.6 Å². The summed E-state index contributed by atoms with van der Waals surface area (Å²) in [5.74, 6) is 0.334. The van der Waals surface area contributed by atoms with Crippen molar-refractivity contribution in [1.29, 1.82) is 0 Å². The van der Waals surface area contributed by atoms with Gasteiger partial charge in [-0.1, -0.05) is 19.9 Å². The summed E-state index contributed by atoms with van der Waals surface area (Å²) in [7, 11) is 0. The molecule has 1 aromatic carbocycles. The first-order chi connectivity index (χ1) is 12.8. The highest BCUT2D eigenvalue weighted by Gasteiger charge is 2.16. The lowest BCUT2D eigenvalue weighted by atomic mass is 10.1. The van der Waals surface area contributed by atoms with E-state index in [-0.39, 0.29) is 18.0 Å². The Bertz CT molecular complexity index is 831. The Balaban J connectivity index is 2.35. The molecule has 1 aromatic heterocycles. The maximum absolute atomic E-state index is 12.8. The Hall–Kier alpha value is -2.63. The fourth-order valence-electron chi connectivity index (χ4n) is 3.18. The van der Waals surface area contributed by atoms with Crippen molar-refractivity contribution in [2.75, 3.05) is 18.4 Å². The van der Waals surface area contributed by atoms with E-state index >= 15 is 0 Å². The zero-order valence-electron chi connectivity index (χ0n) is 17.0. The second kappa shape index (κ2) is 9.35. The van der Waals surface area contributed by atoms with Gasteiger partial charge in [0.1, 0.15) is 6.54 Å². The third-order valence-corrected chi connectivity index (χ3v) is 4.25. The summed E-state index contributed by atoms with van der Waals surface area (Å²) in [6.45, 7) is 11.3. The predicted octanol–water partition coefficient (Wildman–Crippen LogP) is 3.56. The Labute approximate surface area is 161 Å². The van der Waals surface area contributed by atoms with E-state index in [1.807, 2.05) is 44.7 Å². The van der Waals surface area contributed by atoms with Gasteiger partial charge in [-0.3, -0.25) is 14.2 Å². The summed E-state index contributed by atoms with van der Waals surface area (Å²) >= 11 is 0. The highest BCUT2D eigenvalue weighted by molar-refractivity contribution is 5.76. The third kappa shape index (κ3) is 5.67. The normalized spacial score (nSPS) is 10.7. The molecule has 0 aliphatic carbocycles. The van der Waals surface area contributed by atoms with Gasteiger partial charge in [-0.15, -0.1) is 0 Å². The van der Waals surface area contributed by atoms with Crippen LogP contribution in [0.15, 0.2) is 29.1 Å². The van der Waals surface area contributed by atoms with E-state index in [0.717, 1.165) is 29.7 Å². The number of carbonyl (C=O) groups is 1. The van der Waals surface area contributed by atoms with Crippen LogP contribution in [0.2, 0.25) is 0 Å². The average Bonchev–Trinajstić information content (AvgIpc) is 2.56. The monoisotopic (exact) mass is 370 g/mol. The Kier molecular flexibility index (Phi) is 7.16. The van der Waals surface area contributed by atoms with Gasteiger partial charge in [0, 0.05) is 30.5 Å². The maximum atomic E-state index is 12.8. The maximum Gasteiger partial charge on any atom is 0.255 e. The van der Waals surface area contributed by atoms with E-state index < -0.39 is 0 Å². The van der Waals surface area contributed by atoms with Gasteiger partial charge in [-0.2, -0.15) is 0 Å². The van der Waals surface area contributed by atoms with Gasteiger partial charge in [0.25, 0.3) is 5.56 Å². The fourth-order valence-corrected chi connectivity index (χ4v) is 3.18. The van der Waals surface area contributed by atoms with Gasteiger partial charge in [-0.25, -0.2) is 4.98 Å². The van der Waals surface area contributed by atoms with E-state index in [1.54, 1.807) is 6.92 Å². The van der Waals surface area contributed by atoms with Crippen molar-refractivity contribution < 1.29 is 4.79 Å². The number of benzene rings is 1. The first-order valence-electron chi connectivity index (χ1n) is 9.55. The van der Waals surface area contributed by atoms with Crippen LogP contribution in [0.5, 0.6) is 0 Å². The van der Waals surface area contributed by atoms with E-state index in [1.165, 1.54) is 10.6 Å². The molecular formula is C21H30N4O2.